The minimum absolute atomic E-state index is 0.0765. The van der Waals surface area contributed by atoms with Crippen molar-refractivity contribution in [2.75, 3.05) is 25.1 Å². The van der Waals surface area contributed by atoms with Crippen molar-refractivity contribution in [1.82, 2.24) is 10.2 Å². The maximum atomic E-state index is 14.2. The lowest BCUT2D eigenvalue weighted by atomic mass is 10.0. The molecule has 9 nitrogen and oxygen atoms in total. The molecule has 0 fully saturated rings. The van der Waals surface area contributed by atoms with Gasteiger partial charge in [0.05, 0.1) is 24.8 Å². The van der Waals surface area contributed by atoms with Crippen molar-refractivity contribution >= 4 is 27.5 Å². The van der Waals surface area contributed by atoms with Gasteiger partial charge in [0.2, 0.25) is 11.8 Å². The van der Waals surface area contributed by atoms with Crippen LogP contribution >= 0.6 is 0 Å². The molecule has 0 aliphatic heterocycles. The fourth-order valence-electron chi connectivity index (χ4n) is 4.58. The van der Waals surface area contributed by atoms with Crippen LogP contribution in [-0.4, -0.2) is 57.5 Å². The van der Waals surface area contributed by atoms with Gasteiger partial charge in [-0.3, -0.25) is 13.9 Å². The van der Waals surface area contributed by atoms with Crippen molar-refractivity contribution in [3.05, 3.63) is 83.7 Å². The molecule has 1 atom stereocenters. The van der Waals surface area contributed by atoms with E-state index in [-0.39, 0.29) is 28.8 Å². The number of nitrogens with one attached hydrogen (secondary N) is 1. The Morgan fingerprint density at radius 1 is 0.953 bits per heavy atom. The summed E-state index contributed by atoms with van der Waals surface area (Å²) in [6, 6.07) is 15.5. The highest BCUT2D eigenvalue weighted by Crippen LogP contribution is 2.32. The zero-order valence-electron chi connectivity index (χ0n) is 25.7. The van der Waals surface area contributed by atoms with Gasteiger partial charge >= 0.3 is 0 Å². The summed E-state index contributed by atoms with van der Waals surface area (Å²) in [6.45, 7) is 8.66. The first-order chi connectivity index (χ1) is 20.2. The Hall–Kier alpha value is -4.12. The third-order valence-electron chi connectivity index (χ3n) is 6.82. The molecule has 1 unspecified atom stereocenters. The Balaban J connectivity index is 2.12. The molecule has 0 spiro atoms. The Bertz CT molecular complexity index is 1540. The van der Waals surface area contributed by atoms with Crippen molar-refractivity contribution in [3.8, 4) is 11.5 Å². The molecule has 3 aromatic carbocycles. The second-order valence-corrected chi connectivity index (χ2v) is 13.0. The predicted octanol–water partition coefficient (Wildman–Crippen LogP) is 5.07. The molecule has 2 amide bonds. The van der Waals surface area contributed by atoms with Gasteiger partial charge in [-0.05, 0) is 81.6 Å². The van der Waals surface area contributed by atoms with Crippen LogP contribution in [0.3, 0.4) is 0 Å². The van der Waals surface area contributed by atoms with Crippen LogP contribution in [0, 0.1) is 12.7 Å². The van der Waals surface area contributed by atoms with E-state index in [1.165, 1.54) is 49.5 Å². The Morgan fingerprint density at radius 3 is 2.14 bits per heavy atom. The Labute approximate surface area is 253 Å². The van der Waals surface area contributed by atoms with Crippen LogP contribution in [0.15, 0.2) is 71.6 Å². The third-order valence-corrected chi connectivity index (χ3v) is 8.59. The van der Waals surface area contributed by atoms with E-state index >= 15 is 0 Å². The lowest BCUT2D eigenvalue weighted by Gasteiger charge is -2.35. The second kappa shape index (κ2) is 13.9. The molecule has 3 aromatic rings. The maximum absolute atomic E-state index is 14.2. The number of nitrogens with zero attached hydrogens (tertiary/aromatic N) is 2. The summed E-state index contributed by atoms with van der Waals surface area (Å²) >= 11 is 0. The van der Waals surface area contributed by atoms with Crippen molar-refractivity contribution in [3.63, 3.8) is 0 Å². The van der Waals surface area contributed by atoms with Gasteiger partial charge in [-0.15, -0.1) is 0 Å². The first-order valence-electron chi connectivity index (χ1n) is 13.9. The Kier molecular flexibility index (Phi) is 10.8. The van der Waals surface area contributed by atoms with Crippen LogP contribution in [0.2, 0.25) is 0 Å². The number of rotatable bonds is 12. The van der Waals surface area contributed by atoms with E-state index in [0.29, 0.717) is 12.2 Å². The average Bonchev–Trinajstić information content (AvgIpc) is 2.95. The highest BCUT2D eigenvalue weighted by atomic mass is 32.2. The van der Waals surface area contributed by atoms with Gasteiger partial charge < -0.3 is 19.7 Å². The molecule has 43 heavy (non-hydrogen) atoms. The van der Waals surface area contributed by atoms with Crippen molar-refractivity contribution in [2.45, 2.75) is 64.1 Å². The standard InChI is InChI=1S/C32H40FN3O6S/c1-8-27(31(38)34-32(3,4)5)35(20-23-12-10-9-11-22(23)2)30(37)21-36(25-15-13-24(33)14-16-25)43(39,40)26-17-18-28(41-6)29(19-26)42-7/h9-19,27H,8,20-21H2,1-7H3,(H,34,38). The number of carbonyl (C=O) groups is 2. The maximum Gasteiger partial charge on any atom is 0.264 e. The van der Waals surface area contributed by atoms with Crippen LogP contribution in [0.5, 0.6) is 11.5 Å². The van der Waals surface area contributed by atoms with E-state index < -0.39 is 39.9 Å². The van der Waals surface area contributed by atoms with Crippen LogP contribution in [0.4, 0.5) is 10.1 Å². The van der Waals surface area contributed by atoms with Gasteiger partial charge in [-0.2, -0.15) is 0 Å². The number of carbonyl (C=O) groups excluding carboxylic acids is 2. The molecule has 232 valence electrons. The quantitative estimate of drug-likeness (QED) is 0.306. The molecular weight excluding hydrogens is 573 g/mol. The van der Waals surface area contributed by atoms with Gasteiger partial charge in [-0.1, -0.05) is 31.2 Å². The van der Waals surface area contributed by atoms with Gasteiger partial charge in [0, 0.05) is 18.2 Å². The van der Waals surface area contributed by atoms with Crippen LogP contribution in [0.1, 0.15) is 45.2 Å². The Morgan fingerprint density at radius 2 is 1.58 bits per heavy atom. The first-order valence-corrected chi connectivity index (χ1v) is 15.3. The van der Waals surface area contributed by atoms with E-state index in [1.54, 1.807) is 6.92 Å². The molecule has 0 bridgehead atoms. The summed E-state index contributed by atoms with van der Waals surface area (Å²) < 4.78 is 53.5. The minimum Gasteiger partial charge on any atom is -0.493 e. The molecule has 0 aliphatic carbocycles. The molecule has 0 aliphatic rings. The molecule has 0 saturated heterocycles. The number of ether oxygens (including phenoxy) is 2. The average molecular weight is 614 g/mol. The summed E-state index contributed by atoms with van der Waals surface area (Å²) in [6.07, 6.45) is 0.290. The summed E-state index contributed by atoms with van der Waals surface area (Å²) in [4.78, 5) is 28.9. The molecule has 0 heterocycles. The zero-order valence-corrected chi connectivity index (χ0v) is 26.5. The number of aryl methyl sites for hydroxylation is 1. The fourth-order valence-corrected chi connectivity index (χ4v) is 6.01. The predicted molar refractivity (Wildman–Crippen MR) is 164 cm³/mol. The molecule has 0 saturated carbocycles. The molecule has 0 aromatic heterocycles. The fraction of sp³-hybridized carbons (Fsp3) is 0.375. The highest BCUT2D eigenvalue weighted by molar-refractivity contribution is 7.92. The van der Waals surface area contributed by atoms with E-state index in [2.05, 4.69) is 5.32 Å². The van der Waals surface area contributed by atoms with Gasteiger partial charge in [-0.25, -0.2) is 12.8 Å². The van der Waals surface area contributed by atoms with Crippen molar-refractivity contribution < 1.29 is 31.9 Å². The largest absolute Gasteiger partial charge is 0.493 e. The number of methoxy groups -OCH3 is 2. The number of anilines is 1. The molecule has 11 heteroatoms. The summed E-state index contributed by atoms with van der Waals surface area (Å²) in [5.41, 5.74) is 1.25. The molecule has 1 N–H and O–H groups in total. The van der Waals surface area contributed by atoms with E-state index in [1.807, 2.05) is 52.0 Å². The van der Waals surface area contributed by atoms with Gasteiger partial charge in [0.15, 0.2) is 11.5 Å². The molecular formula is C32H40FN3O6S. The van der Waals surface area contributed by atoms with Crippen LogP contribution in [0.25, 0.3) is 0 Å². The molecule has 0 radical (unpaired) electrons. The highest BCUT2D eigenvalue weighted by Gasteiger charge is 2.35. The third kappa shape index (κ3) is 8.25. The minimum atomic E-state index is -4.39. The topological polar surface area (TPSA) is 105 Å². The zero-order chi connectivity index (χ0) is 31.9. The number of hydrogen-bond acceptors (Lipinski definition) is 6. The number of hydrogen-bond donors (Lipinski definition) is 1. The van der Waals surface area contributed by atoms with Crippen LogP contribution in [-0.2, 0) is 26.2 Å². The summed E-state index contributed by atoms with van der Waals surface area (Å²) in [7, 11) is -1.58. The molecule has 3 rings (SSSR count). The van der Waals surface area contributed by atoms with Crippen LogP contribution < -0.4 is 19.1 Å². The number of sulfonamides is 1. The lowest BCUT2D eigenvalue weighted by Crippen LogP contribution is -2.55. The van der Waals surface area contributed by atoms with Crippen molar-refractivity contribution in [2.24, 2.45) is 0 Å². The van der Waals surface area contributed by atoms with Gasteiger partial charge in [0.25, 0.3) is 10.0 Å². The smallest absolute Gasteiger partial charge is 0.264 e. The SMILES string of the molecule is CCC(C(=O)NC(C)(C)C)N(Cc1ccccc1C)C(=O)CN(c1ccc(F)cc1)S(=O)(=O)c1ccc(OC)c(OC)c1. The van der Waals surface area contributed by atoms with Gasteiger partial charge in [0.1, 0.15) is 18.4 Å². The first kappa shape index (κ1) is 33.4. The number of halogens is 1. The van der Waals surface area contributed by atoms with E-state index in [9.17, 15) is 22.4 Å². The van der Waals surface area contributed by atoms with E-state index in [0.717, 1.165) is 27.6 Å². The van der Waals surface area contributed by atoms with Crippen molar-refractivity contribution in [1.29, 1.82) is 0 Å². The monoisotopic (exact) mass is 613 g/mol. The number of benzene rings is 3. The summed E-state index contributed by atoms with van der Waals surface area (Å²) in [5, 5.41) is 2.94. The summed E-state index contributed by atoms with van der Waals surface area (Å²) in [5.74, 6) is -1.02. The van der Waals surface area contributed by atoms with E-state index in [4.69, 9.17) is 9.47 Å². The second-order valence-electron chi connectivity index (χ2n) is 11.1. The lowest BCUT2D eigenvalue weighted by molar-refractivity contribution is -0.141. The normalized spacial score (nSPS) is 12.3. The number of amides is 2.